The first-order chi connectivity index (χ1) is 12.6. The van der Waals surface area contributed by atoms with Gasteiger partial charge in [0.15, 0.2) is 10.8 Å². The van der Waals surface area contributed by atoms with Crippen molar-refractivity contribution in [3.8, 4) is 0 Å². The van der Waals surface area contributed by atoms with Gasteiger partial charge in [0, 0.05) is 13.2 Å². The molecule has 1 amide bonds. The van der Waals surface area contributed by atoms with E-state index in [9.17, 15) is 9.18 Å². The van der Waals surface area contributed by atoms with Gasteiger partial charge in [-0.3, -0.25) is 14.4 Å². The fraction of sp³-hybridized carbons (Fsp3) is 0.105. The van der Waals surface area contributed by atoms with E-state index in [4.69, 9.17) is 0 Å². The van der Waals surface area contributed by atoms with Gasteiger partial charge in [-0.1, -0.05) is 41.7 Å². The zero-order valence-electron chi connectivity index (χ0n) is 14.0. The number of rotatable bonds is 4. The molecule has 0 aliphatic heterocycles. The van der Waals surface area contributed by atoms with Gasteiger partial charge in [0.2, 0.25) is 0 Å². The van der Waals surface area contributed by atoms with Crippen LogP contribution >= 0.6 is 11.3 Å². The molecular formula is C19H15FN4OS. The average molecular weight is 366 g/mol. The molecule has 130 valence electrons. The molecule has 0 fully saturated rings. The lowest BCUT2D eigenvalue weighted by molar-refractivity contribution is 0.0979. The minimum absolute atomic E-state index is 0.242. The number of aryl methyl sites for hydroxylation is 1. The van der Waals surface area contributed by atoms with Gasteiger partial charge < -0.3 is 0 Å². The van der Waals surface area contributed by atoms with E-state index in [-0.39, 0.29) is 11.7 Å². The first kappa shape index (κ1) is 16.4. The van der Waals surface area contributed by atoms with Crippen molar-refractivity contribution >= 4 is 32.6 Å². The summed E-state index contributed by atoms with van der Waals surface area (Å²) in [6, 6.07) is 15.8. The van der Waals surface area contributed by atoms with Gasteiger partial charge in [-0.2, -0.15) is 5.10 Å². The monoisotopic (exact) mass is 366 g/mol. The zero-order valence-corrected chi connectivity index (χ0v) is 14.8. The second-order valence-electron chi connectivity index (χ2n) is 5.86. The van der Waals surface area contributed by atoms with Crippen LogP contribution in [0.1, 0.15) is 16.1 Å². The third kappa shape index (κ3) is 3.21. The van der Waals surface area contributed by atoms with Crippen molar-refractivity contribution in [2.45, 2.75) is 6.54 Å². The van der Waals surface area contributed by atoms with E-state index in [1.807, 2.05) is 30.3 Å². The first-order valence-electron chi connectivity index (χ1n) is 8.02. The van der Waals surface area contributed by atoms with Gasteiger partial charge in [0.1, 0.15) is 5.82 Å². The number of fused-ring (bicyclic) bond motifs is 1. The molecule has 26 heavy (non-hydrogen) atoms. The average Bonchev–Trinajstić information content (AvgIpc) is 3.25. The largest absolute Gasteiger partial charge is 0.280 e. The smallest absolute Gasteiger partial charge is 0.278 e. The molecule has 2 aromatic carbocycles. The highest BCUT2D eigenvalue weighted by Gasteiger charge is 2.23. The van der Waals surface area contributed by atoms with E-state index in [0.717, 1.165) is 5.56 Å². The lowest BCUT2D eigenvalue weighted by atomic mass is 10.2. The van der Waals surface area contributed by atoms with Crippen LogP contribution in [-0.2, 0) is 13.6 Å². The highest BCUT2D eigenvalue weighted by molar-refractivity contribution is 7.22. The summed E-state index contributed by atoms with van der Waals surface area (Å²) in [6.45, 7) is 0.360. The molecular weight excluding hydrogens is 351 g/mol. The summed E-state index contributed by atoms with van der Waals surface area (Å²) in [5.41, 5.74) is 1.98. The highest BCUT2D eigenvalue weighted by Crippen LogP contribution is 2.31. The van der Waals surface area contributed by atoms with Gasteiger partial charge in [-0.15, -0.1) is 0 Å². The Hall–Kier alpha value is -3.06. The summed E-state index contributed by atoms with van der Waals surface area (Å²) in [7, 11) is 1.76. The Balaban J connectivity index is 1.76. The minimum Gasteiger partial charge on any atom is -0.278 e. The second-order valence-corrected chi connectivity index (χ2v) is 6.87. The van der Waals surface area contributed by atoms with E-state index in [0.29, 0.717) is 27.6 Å². The van der Waals surface area contributed by atoms with E-state index >= 15 is 0 Å². The van der Waals surface area contributed by atoms with Crippen molar-refractivity contribution in [2.75, 3.05) is 4.90 Å². The van der Waals surface area contributed by atoms with Gasteiger partial charge in [0.25, 0.3) is 5.91 Å². The van der Waals surface area contributed by atoms with E-state index < -0.39 is 0 Å². The zero-order chi connectivity index (χ0) is 18.1. The molecule has 0 atom stereocenters. The Labute approximate surface area is 153 Å². The molecule has 0 radical (unpaired) electrons. The summed E-state index contributed by atoms with van der Waals surface area (Å²) >= 11 is 1.29. The van der Waals surface area contributed by atoms with E-state index in [1.54, 1.807) is 35.0 Å². The molecule has 0 bridgehead atoms. The molecule has 7 heteroatoms. The molecule has 0 unspecified atom stereocenters. The first-order valence-corrected chi connectivity index (χ1v) is 8.83. The van der Waals surface area contributed by atoms with Crippen LogP contribution in [0, 0.1) is 5.82 Å². The molecule has 0 aliphatic carbocycles. The Bertz CT molecular complexity index is 1070. The number of hydrogen-bond acceptors (Lipinski definition) is 4. The normalized spacial score (nSPS) is 11.0. The maximum absolute atomic E-state index is 13.5. The van der Waals surface area contributed by atoms with Crippen LogP contribution in [0.5, 0.6) is 0 Å². The molecule has 0 saturated carbocycles. The number of halogens is 1. The van der Waals surface area contributed by atoms with Crippen molar-refractivity contribution < 1.29 is 9.18 Å². The molecule has 0 saturated heterocycles. The molecule has 2 aromatic heterocycles. The van der Waals surface area contributed by atoms with E-state index in [2.05, 4.69) is 10.1 Å². The Morgan fingerprint density at radius 2 is 2.00 bits per heavy atom. The third-order valence-corrected chi connectivity index (χ3v) is 4.97. The van der Waals surface area contributed by atoms with Crippen molar-refractivity contribution in [3.63, 3.8) is 0 Å². The molecule has 0 N–H and O–H groups in total. The molecule has 5 nitrogen and oxygen atoms in total. The summed E-state index contributed by atoms with van der Waals surface area (Å²) in [5, 5.41) is 4.73. The number of carbonyl (C=O) groups excluding carboxylic acids is 1. The maximum atomic E-state index is 13.5. The third-order valence-electron chi connectivity index (χ3n) is 3.93. The number of hydrogen-bond donors (Lipinski definition) is 0. The standard InChI is InChI=1S/C19H15FN4OS/c1-23-10-9-16(22-23)18(25)24(12-13-5-3-2-4-6-13)19-21-15-8-7-14(20)11-17(15)26-19/h2-11H,12H2,1H3. The summed E-state index contributed by atoms with van der Waals surface area (Å²) in [5.74, 6) is -0.563. The van der Waals surface area contributed by atoms with Gasteiger partial charge in [0.05, 0.1) is 16.8 Å². The fourth-order valence-electron chi connectivity index (χ4n) is 2.66. The molecule has 0 spiro atoms. The molecule has 4 rings (SSSR count). The number of carbonyl (C=O) groups is 1. The number of aromatic nitrogens is 3. The second kappa shape index (κ2) is 6.68. The predicted molar refractivity (Wildman–Crippen MR) is 99.7 cm³/mol. The number of nitrogens with zero attached hydrogens (tertiary/aromatic N) is 4. The molecule has 4 aromatic rings. The Kier molecular flexibility index (Phi) is 4.22. The summed E-state index contributed by atoms with van der Waals surface area (Å²) in [6.07, 6.45) is 1.72. The van der Waals surface area contributed by atoms with Crippen molar-refractivity contribution in [2.24, 2.45) is 7.05 Å². The van der Waals surface area contributed by atoms with Gasteiger partial charge >= 0.3 is 0 Å². The van der Waals surface area contributed by atoms with Crippen LogP contribution in [0.3, 0.4) is 0 Å². The number of anilines is 1. The van der Waals surface area contributed by atoms with Crippen molar-refractivity contribution in [1.82, 2.24) is 14.8 Å². The van der Waals surface area contributed by atoms with Crippen LogP contribution in [-0.4, -0.2) is 20.7 Å². The topological polar surface area (TPSA) is 51.0 Å². The van der Waals surface area contributed by atoms with Gasteiger partial charge in [-0.05, 0) is 29.8 Å². The number of benzene rings is 2. The van der Waals surface area contributed by atoms with Crippen molar-refractivity contribution in [3.05, 3.63) is 77.9 Å². The Morgan fingerprint density at radius 3 is 2.73 bits per heavy atom. The number of amides is 1. The van der Waals surface area contributed by atoms with Crippen LogP contribution in [0.4, 0.5) is 9.52 Å². The van der Waals surface area contributed by atoms with E-state index in [1.165, 1.54) is 23.5 Å². The molecule has 2 heterocycles. The van der Waals surface area contributed by atoms with Crippen LogP contribution in [0.25, 0.3) is 10.2 Å². The van der Waals surface area contributed by atoms with Crippen molar-refractivity contribution in [1.29, 1.82) is 0 Å². The Morgan fingerprint density at radius 1 is 1.19 bits per heavy atom. The highest BCUT2D eigenvalue weighted by atomic mass is 32.1. The number of thiazole rings is 1. The summed E-state index contributed by atoms with van der Waals surface area (Å²) in [4.78, 5) is 19.2. The van der Waals surface area contributed by atoms with Crippen LogP contribution in [0.2, 0.25) is 0 Å². The van der Waals surface area contributed by atoms with Crippen LogP contribution in [0.15, 0.2) is 60.8 Å². The maximum Gasteiger partial charge on any atom is 0.280 e. The fourth-order valence-corrected chi connectivity index (χ4v) is 3.65. The molecule has 0 aliphatic rings. The quantitative estimate of drug-likeness (QED) is 0.548. The van der Waals surface area contributed by atoms with Crippen LogP contribution < -0.4 is 4.90 Å². The SMILES string of the molecule is Cn1ccc(C(=O)N(Cc2ccccc2)c2nc3ccc(F)cc3s2)n1. The predicted octanol–water partition coefficient (Wildman–Crippen LogP) is 4.02. The summed E-state index contributed by atoms with van der Waals surface area (Å²) < 4.78 is 15.8. The van der Waals surface area contributed by atoms with Gasteiger partial charge in [-0.25, -0.2) is 9.37 Å². The lowest BCUT2D eigenvalue weighted by Crippen LogP contribution is -2.30. The lowest BCUT2D eigenvalue weighted by Gasteiger charge is -2.19. The minimum atomic E-state index is -0.321.